The highest BCUT2D eigenvalue weighted by atomic mass is 32.1. The molecule has 1 saturated heterocycles. The lowest BCUT2D eigenvalue weighted by Crippen LogP contribution is -2.42. The summed E-state index contributed by atoms with van der Waals surface area (Å²) in [4.78, 5) is 18.2. The zero-order valence-corrected chi connectivity index (χ0v) is 12.2. The minimum absolute atomic E-state index is 0.0434. The number of nitrogens with zero attached hydrogens (tertiary/aromatic N) is 4. The lowest BCUT2D eigenvalue weighted by atomic mass is 10.3. The first kappa shape index (κ1) is 13.6. The molecule has 7 nitrogen and oxygen atoms in total. The Hall–Kier alpha value is -1.42. The van der Waals surface area contributed by atoms with E-state index in [0.717, 1.165) is 11.6 Å². The van der Waals surface area contributed by atoms with Gasteiger partial charge in [0.2, 0.25) is 11.0 Å². The van der Waals surface area contributed by atoms with Gasteiger partial charge in [-0.25, -0.2) is 4.98 Å². The predicted octanol–water partition coefficient (Wildman–Crippen LogP) is 1.01. The van der Waals surface area contributed by atoms with Crippen LogP contribution in [0.1, 0.15) is 11.1 Å². The summed E-state index contributed by atoms with van der Waals surface area (Å²) >= 11 is 2.88. The Labute approximate surface area is 123 Å². The van der Waals surface area contributed by atoms with Crippen LogP contribution in [0.3, 0.4) is 0 Å². The number of anilines is 1. The van der Waals surface area contributed by atoms with Gasteiger partial charge >= 0.3 is 0 Å². The van der Waals surface area contributed by atoms with Gasteiger partial charge in [-0.15, -0.1) is 21.5 Å². The molecule has 9 heteroatoms. The van der Waals surface area contributed by atoms with Crippen LogP contribution >= 0.6 is 22.7 Å². The van der Waals surface area contributed by atoms with Crippen molar-refractivity contribution in [3.63, 3.8) is 0 Å². The topological polar surface area (TPSA) is 80.2 Å². The molecular weight excluding hydrogens is 298 g/mol. The van der Waals surface area contributed by atoms with E-state index >= 15 is 0 Å². The smallest absolute Gasteiger partial charge is 0.240 e. The number of ether oxygens (including phenoxy) is 1. The molecule has 1 aliphatic heterocycles. The number of hydrogen-bond donors (Lipinski definition) is 1. The quantitative estimate of drug-likeness (QED) is 0.907. The SMILES string of the molecule is O=C(CN1CCO[C@H](c2nccs2)C1)Nc1nncs1. The first-order valence-corrected chi connectivity index (χ1v) is 7.86. The zero-order chi connectivity index (χ0) is 13.8. The Bertz CT molecular complexity index is 545. The molecule has 0 aliphatic carbocycles. The predicted molar refractivity (Wildman–Crippen MR) is 75.8 cm³/mol. The summed E-state index contributed by atoms with van der Waals surface area (Å²) in [5.74, 6) is -0.0819. The van der Waals surface area contributed by atoms with Crippen molar-refractivity contribution in [1.82, 2.24) is 20.1 Å². The Morgan fingerprint density at radius 3 is 3.25 bits per heavy atom. The molecule has 1 atom stereocenters. The summed E-state index contributed by atoms with van der Waals surface area (Å²) in [5, 5.41) is 13.6. The molecule has 0 bridgehead atoms. The van der Waals surface area contributed by atoms with E-state index < -0.39 is 0 Å². The van der Waals surface area contributed by atoms with Gasteiger partial charge in [0, 0.05) is 24.7 Å². The molecule has 0 aromatic carbocycles. The second-order valence-electron chi connectivity index (χ2n) is 4.26. The van der Waals surface area contributed by atoms with E-state index in [2.05, 4.69) is 25.4 Å². The maximum Gasteiger partial charge on any atom is 0.240 e. The second kappa shape index (κ2) is 6.35. The van der Waals surface area contributed by atoms with Crippen LogP contribution in [-0.4, -0.2) is 52.2 Å². The molecule has 0 saturated carbocycles. The van der Waals surface area contributed by atoms with Crippen molar-refractivity contribution in [2.75, 3.05) is 31.6 Å². The first-order valence-electron chi connectivity index (χ1n) is 6.10. The van der Waals surface area contributed by atoms with Crippen LogP contribution in [0.5, 0.6) is 0 Å². The van der Waals surface area contributed by atoms with Crippen molar-refractivity contribution in [2.45, 2.75) is 6.10 Å². The zero-order valence-electron chi connectivity index (χ0n) is 10.6. The number of rotatable bonds is 4. The van der Waals surface area contributed by atoms with Crippen LogP contribution in [0, 0.1) is 0 Å². The van der Waals surface area contributed by atoms with Crippen LogP contribution in [-0.2, 0) is 9.53 Å². The molecule has 1 aliphatic rings. The van der Waals surface area contributed by atoms with Crippen molar-refractivity contribution in [1.29, 1.82) is 0 Å². The minimum atomic E-state index is -0.0819. The van der Waals surface area contributed by atoms with Gasteiger partial charge in [0.05, 0.1) is 13.2 Å². The molecule has 0 unspecified atom stereocenters. The monoisotopic (exact) mass is 311 g/mol. The highest BCUT2D eigenvalue weighted by molar-refractivity contribution is 7.13. The third-order valence-corrected chi connectivity index (χ3v) is 4.33. The fourth-order valence-corrected chi connectivity index (χ4v) is 3.12. The molecular formula is C11H13N5O2S2. The van der Waals surface area contributed by atoms with Crippen LogP contribution in [0.2, 0.25) is 0 Å². The highest BCUT2D eigenvalue weighted by Crippen LogP contribution is 2.23. The first-order chi connectivity index (χ1) is 9.81. The van der Waals surface area contributed by atoms with Gasteiger partial charge < -0.3 is 4.74 Å². The van der Waals surface area contributed by atoms with E-state index in [0.29, 0.717) is 24.8 Å². The van der Waals surface area contributed by atoms with Crippen LogP contribution < -0.4 is 5.32 Å². The standard InChI is InChI=1S/C11H13N5O2S2/c17-9(14-11-15-13-7-20-11)6-16-2-3-18-8(5-16)10-12-1-4-19-10/h1,4,7-8H,2-3,5-6H2,(H,14,15,17)/t8-/m0/s1. The van der Waals surface area contributed by atoms with Gasteiger partial charge in [-0.2, -0.15) is 0 Å². The van der Waals surface area contributed by atoms with E-state index in [1.807, 2.05) is 5.38 Å². The van der Waals surface area contributed by atoms with E-state index in [-0.39, 0.29) is 12.0 Å². The number of hydrogen-bond acceptors (Lipinski definition) is 8. The molecule has 3 rings (SSSR count). The highest BCUT2D eigenvalue weighted by Gasteiger charge is 2.25. The van der Waals surface area contributed by atoms with Gasteiger partial charge in [0.15, 0.2) is 0 Å². The van der Waals surface area contributed by atoms with Crippen LogP contribution in [0.15, 0.2) is 17.1 Å². The molecule has 106 valence electrons. The molecule has 1 amide bonds. The lowest BCUT2D eigenvalue weighted by Gasteiger charge is -2.31. The lowest BCUT2D eigenvalue weighted by molar-refractivity contribution is -0.119. The minimum Gasteiger partial charge on any atom is -0.368 e. The van der Waals surface area contributed by atoms with E-state index in [1.165, 1.54) is 11.3 Å². The normalized spacial score (nSPS) is 19.9. The van der Waals surface area contributed by atoms with Gasteiger partial charge in [-0.1, -0.05) is 11.3 Å². The van der Waals surface area contributed by atoms with Gasteiger partial charge in [0.1, 0.15) is 16.6 Å². The third-order valence-electron chi connectivity index (χ3n) is 2.85. The maximum absolute atomic E-state index is 11.9. The summed E-state index contributed by atoms with van der Waals surface area (Å²) in [7, 11) is 0. The Kier molecular flexibility index (Phi) is 4.31. The summed E-state index contributed by atoms with van der Waals surface area (Å²) in [6, 6.07) is 0. The van der Waals surface area contributed by atoms with E-state index in [4.69, 9.17) is 4.74 Å². The maximum atomic E-state index is 11.9. The van der Waals surface area contributed by atoms with Crippen molar-refractivity contribution < 1.29 is 9.53 Å². The van der Waals surface area contributed by atoms with Crippen molar-refractivity contribution in [2.24, 2.45) is 0 Å². The number of aromatic nitrogens is 3. The number of amides is 1. The Morgan fingerprint density at radius 2 is 2.50 bits per heavy atom. The molecule has 0 radical (unpaired) electrons. The summed E-state index contributed by atoms with van der Waals surface area (Å²) in [6.45, 7) is 2.35. The van der Waals surface area contributed by atoms with Crippen molar-refractivity contribution in [3.05, 3.63) is 22.1 Å². The third kappa shape index (κ3) is 3.37. The molecule has 1 fully saturated rings. The number of carbonyl (C=O) groups excluding carboxylic acids is 1. The van der Waals surface area contributed by atoms with Gasteiger partial charge in [-0.3, -0.25) is 15.0 Å². The Balaban J connectivity index is 1.53. The molecule has 1 N–H and O–H groups in total. The second-order valence-corrected chi connectivity index (χ2v) is 6.02. The molecule has 2 aromatic rings. The number of thiazole rings is 1. The number of nitrogens with one attached hydrogen (secondary N) is 1. The molecule has 2 aromatic heterocycles. The Morgan fingerprint density at radius 1 is 1.55 bits per heavy atom. The number of morpholine rings is 1. The van der Waals surface area contributed by atoms with Crippen molar-refractivity contribution in [3.8, 4) is 0 Å². The van der Waals surface area contributed by atoms with Gasteiger partial charge in [0.25, 0.3) is 0 Å². The summed E-state index contributed by atoms with van der Waals surface area (Å²) < 4.78 is 5.69. The fourth-order valence-electron chi connectivity index (χ4n) is 1.98. The van der Waals surface area contributed by atoms with Crippen molar-refractivity contribution >= 4 is 33.7 Å². The summed E-state index contributed by atoms with van der Waals surface area (Å²) in [6.07, 6.45) is 1.72. The number of carbonyl (C=O) groups is 1. The molecule has 20 heavy (non-hydrogen) atoms. The van der Waals surface area contributed by atoms with Gasteiger partial charge in [-0.05, 0) is 0 Å². The van der Waals surface area contributed by atoms with Crippen LogP contribution in [0.25, 0.3) is 0 Å². The molecule has 3 heterocycles. The van der Waals surface area contributed by atoms with Crippen LogP contribution in [0.4, 0.5) is 5.13 Å². The fraction of sp³-hybridized carbons (Fsp3) is 0.455. The van der Waals surface area contributed by atoms with E-state index in [9.17, 15) is 4.79 Å². The largest absolute Gasteiger partial charge is 0.368 e. The summed E-state index contributed by atoms with van der Waals surface area (Å²) in [5.41, 5.74) is 1.59. The molecule has 0 spiro atoms. The average Bonchev–Trinajstić information content (AvgIpc) is 3.11. The average molecular weight is 311 g/mol. The van der Waals surface area contributed by atoms with E-state index in [1.54, 1.807) is 23.0 Å².